The predicted molar refractivity (Wildman–Crippen MR) is 259 cm³/mol. The lowest BCUT2D eigenvalue weighted by atomic mass is 10.2. The Kier molecular flexibility index (Phi) is 14.2. The van der Waals surface area contributed by atoms with Crippen LogP contribution in [0.15, 0.2) is 191 Å². The lowest BCUT2D eigenvalue weighted by Gasteiger charge is -2.12. The van der Waals surface area contributed by atoms with Crippen molar-refractivity contribution in [3.63, 3.8) is 0 Å². The Hall–Kier alpha value is -7.46. The van der Waals surface area contributed by atoms with Crippen molar-refractivity contribution in [1.29, 1.82) is 0 Å². The topological polar surface area (TPSA) is 91.1 Å². The van der Waals surface area contributed by atoms with E-state index in [0.717, 1.165) is 97.4 Å². The van der Waals surface area contributed by atoms with Crippen LogP contribution in [0.25, 0.3) is 11.4 Å². The minimum Gasteiger partial charge on any atom is -0.356 e. The summed E-state index contributed by atoms with van der Waals surface area (Å²) in [4.78, 5) is 0. The van der Waals surface area contributed by atoms with E-state index in [0.29, 0.717) is 0 Å². The zero-order valence-corrected chi connectivity index (χ0v) is 37.4. The van der Waals surface area contributed by atoms with Gasteiger partial charge in [-0.05, 0) is 196 Å². The van der Waals surface area contributed by atoms with E-state index in [2.05, 4.69) is 174 Å². The molecule has 10 heteroatoms. The smallest absolute Gasteiger partial charge is 0.350 e. The third kappa shape index (κ3) is 10.9. The summed E-state index contributed by atoms with van der Waals surface area (Å²) >= 11 is 0. The van der Waals surface area contributed by atoms with Gasteiger partial charge in [0.15, 0.2) is 0 Å². The molecule has 4 heterocycles. The molecule has 0 amide bonds. The van der Waals surface area contributed by atoms with Crippen LogP contribution in [0.2, 0.25) is 0 Å². The summed E-state index contributed by atoms with van der Waals surface area (Å²) in [6, 6.07) is 54.2. The fourth-order valence-electron chi connectivity index (χ4n) is 8.05. The highest BCUT2D eigenvalue weighted by atomic mass is 15.2. The number of hydrogen-bond acceptors (Lipinski definition) is 6. The molecule has 0 bridgehead atoms. The van der Waals surface area contributed by atoms with Crippen molar-refractivity contribution in [2.75, 3.05) is 10.6 Å². The molecule has 8 rings (SSSR count). The first kappa shape index (κ1) is 43.2. The van der Waals surface area contributed by atoms with Gasteiger partial charge in [-0.2, -0.15) is 0 Å². The molecule has 8 aromatic rings. The van der Waals surface area contributed by atoms with Crippen molar-refractivity contribution >= 4 is 45.8 Å². The number of aromatic nitrogens is 4. The Morgan fingerprint density at radius 2 is 0.781 bits per heavy atom. The van der Waals surface area contributed by atoms with E-state index in [4.69, 9.17) is 0 Å². The summed E-state index contributed by atoms with van der Waals surface area (Å²) in [5.74, 6) is 1.68. The zero-order chi connectivity index (χ0) is 44.1. The van der Waals surface area contributed by atoms with Gasteiger partial charge in [-0.3, -0.25) is 0 Å². The molecule has 10 nitrogen and oxygen atoms in total. The van der Waals surface area contributed by atoms with Crippen LogP contribution < -0.4 is 19.8 Å². The van der Waals surface area contributed by atoms with E-state index in [1.54, 1.807) is 0 Å². The van der Waals surface area contributed by atoms with E-state index >= 15 is 0 Å². The van der Waals surface area contributed by atoms with Crippen molar-refractivity contribution in [1.82, 2.24) is 9.13 Å². The van der Waals surface area contributed by atoms with Crippen molar-refractivity contribution < 1.29 is 9.13 Å². The van der Waals surface area contributed by atoms with Gasteiger partial charge in [-0.25, -0.2) is 9.13 Å². The molecule has 0 atom stereocenters. The van der Waals surface area contributed by atoms with Crippen LogP contribution in [0.3, 0.4) is 0 Å². The van der Waals surface area contributed by atoms with Gasteiger partial charge in [0.1, 0.15) is 11.4 Å². The quantitative estimate of drug-likeness (QED) is 0.0482. The molecule has 4 aromatic carbocycles. The number of pyridine rings is 2. The molecule has 0 aliphatic rings. The number of benzene rings is 4. The minimum atomic E-state index is 0.807. The van der Waals surface area contributed by atoms with Gasteiger partial charge in [-0.1, -0.05) is 26.0 Å². The molecule has 0 aliphatic carbocycles. The second-order valence-electron chi connectivity index (χ2n) is 16.1. The molecule has 64 heavy (non-hydrogen) atoms. The molecule has 0 saturated carbocycles. The van der Waals surface area contributed by atoms with Crippen LogP contribution >= 0.6 is 0 Å². The normalized spacial score (nSPS) is 11.5. The van der Waals surface area contributed by atoms with Crippen molar-refractivity contribution in [3.8, 4) is 11.4 Å². The Morgan fingerprint density at radius 3 is 1.16 bits per heavy atom. The van der Waals surface area contributed by atoms with Crippen LogP contribution in [0.4, 0.5) is 45.8 Å². The molecule has 0 saturated heterocycles. The lowest BCUT2D eigenvalue weighted by Crippen LogP contribution is -2.34. The second-order valence-corrected chi connectivity index (χ2v) is 16.1. The van der Waals surface area contributed by atoms with Crippen molar-refractivity contribution in [3.05, 3.63) is 193 Å². The molecular formula is C54H58N10+2. The van der Waals surface area contributed by atoms with E-state index in [-0.39, 0.29) is 0 Å². The largest absolute Gasteiger partial charge is 0.356 e. The molecule has 4 aromatic heterocycles. The third-order valence-corrected chi connectivity index (χ3v) is 11.5. The van der Waals surface area contributed by atoms with E-state index in [1.165, 1.54) is 34.2 Å². The SMILES string of the molecule is CCc1ccc(C)n1-c1ccc(Nc2ccc(N=Nc3cccc[n+]3CCCCCC[n+]3ccccc3N=Nc3ccc(Nc4ccc(-n5c(C)ccc5CC)cc4)cc3)cc2)cc1. The lowest BCUT2D eigenvalue weighted by molar-refractivity contribution is -0.686. The number of rotatable bonds is 19. The number of nitrogens with zero attached hydrogens (tertiary/aromatic N) is 8. The molecule has 0 unspecified atom stereocenters. The maximum atomic E-state index is 4.63. The highest BCUT2D eigenvalue weighted by Gasteiger charge is 2.12. The van der Waals surface area contributed by atoms with Crippen LogP contribution in [0.1, 0.15) is 62.3 Å². The molecule has 0 spiro atoms. The van der Waals surface area contributed by atoms with E-state index in [1.807, 2.05) is 72.8 Å². The number of nitrogens with one attached hydrogen (secondary N) is 2. The van der Waals surface area contributed by atoms with Gasteiger partial charge in [0.2, 0.25) is 0 Å². The highest BCUT2D eigenvalue weighted by Crippen LogP contribution is 2.26. The summed E-state index contributed by atoms with van der Waals surface area (Å²) in [6.45, 7) is 10.4. The average Bonchev–Trinajstić information content (AvgIpc) is 3.91. The van der Waals surface area contributed by atoms with Gasteiger partial charge in [0.05, 0.1) is 35.7 Å². The maximum absolute atomic E-state index is 4.63. The molecule has 0 radical (unpaired) electrons. The molecule has 0 aliphatic heterocycles. The Morgan fingerprint density at radius 1 is 0.406 bits per heavy atom. The molecule has 0 fully saturated rings. The second kappa shape index (κ2) is 21.1. The first-order chi connectivity index (χ1) is 31.4. The number of anilines is 4. The third-order valence-electron chi connectivity index (χ3n) is 11.5. The van der Waals surface area contributed by atoms with Crippen LogP contribution in [0.5, 0.6) is 0 Å². The first-order valence-corrected chi connectivity index (χ1v) is 22.5. The Balaban J connectivity index is 0.772. The average molecular weight is 847 g/mol. The highest BCUT2D eigenvalue weighted by molar-refractivity contribution is 5.64. The minimum absolute atomic E-state index is 0.807. The van der Waals surface area contributed by atoms with Crippen LogP contribution in [0, 0.1) is 13.8 Å². The summed E-state index contributed by atoms with van der Waals surface area (Å²) < 4.78 is 8.98. The molecule has 322 valence electrons. The van der Waals surface area contributed by atoms with Crippen LogP contribution in [-0.4, -0.2) is 9.13 Å². The van der Waals surface area contributed by atoms with Gasteiger partial charge in [0.25, 0.3) is 0 Å². The summed E-state index contributed by atoms with van der Waals surface area (Å²) in [7, 11) is 0. The van der Waals surface area contributed by atoms with Crippen molar-refractivity contribution in [2.24, 2.45) is 20.5 Å². The Labute approximate surface area is 377 Å². The molecular weight excluding hydrogens is 789 g/mol. The van der Waals surface area contributed by atoms with E-state index in [9.17, 15) is 0 Å². The van der Waals surface area contributed by atoms with Crippen molar-refractivity contribution in [2.45, 2.75) is 79.3 Å². The monoisotopic (exact) mass is 846 g/mol. The summed E-state index contributed by atoms with van der Waals surface area (Å²) in [6.07, 6.45) is 10.5. The fourth-order valence-corrected chi connectivity index (χ4v) is 8.05. The number of hydrogen-bond donors (Lipinski definition) is 2. The van der Waals surface area contributed by atoms with Gasteiger partial charge in [-0.15, -0.1) is 0 Å². The van der Waals surface area contributed by atoms with Crippen LogP contribution in [-0.2, 0) is 25.9 Å². The zero-order valence-electron chi connectivity index (χ0n) is 37.4. The number of unbranched alkanes of at least 4 members (excludes halogenated alkanes) is 3. The Bertz CT molecular complexity index is 2600. The molecule has 2 N–H and O–H groups in total. The van der Waals surface area contributed by atoms with Gasteiger partial charge >= 0.3 is 11.6 Å². The number of aryl methyl sites for hydroxylation is 6. The fraction of sp³-hybridized carbons (Fsp3) is 0.222. The van der Waals surface area contributed by atoms with Gasteiger partial charge in [0, 0.05) is 69.0 Å². The predicted octanol–water partition coefficient (Wildman–Crippen LogP) is 14.2. The summed E-state index contributed by atoms with van der Waals surface area (Å²) in [5, 5.41) is 25.4. The van der Waals surface area contributed by atoms with E-state index < -0.39 is 0 Å². The van der Waals surface area contributed by atoms with Gasteiger partial charge < -0.3 is 19.8 Å². The number of azo groups is 2. The maximum Gasteiger partial charge on any atom is 0.350 e. The summed E-state index contributed by atoms with van der Waals surface area (Å²) in [5.41, 5.74) is 13.2. The first-order valence-electron chi connectivity index (χ1n) is 22.5. The standard InChI is InChI=1S/C54H56N10/c1-5-49-31-17-41(3)63(49)51-33-27-45(28-34-51)55-43-19-23-47(24-20-43)57-59-53-15-9-13-39-61(53)37-11-7-8-12-38-62-40-14-10-16-54(62)60-58-48-25-21-44(22-26-48)56-46-29-35-52(36-30-46)64-42(4)18-32-50(64)6-2/h9-10,13-36,39-40H,5-8,11-12,37-38H2,1-4H3/p+2.